The van der Waals surface area contributed by atoms with Gasteiger partial charge in [-0.05, 0) is 66.0 Å². The molecular formula is C22H36O6S3. The molecule has 9 heteroatoms. The van der Waals surface area contributed by atoms with Crippen LogP contribution in [0.15, 0.2) is 47.7 Å². The average molecular weight is 493 g/mol. The maximum absolute atomic E-state index is 11.4. The second-order valence-electron chi connectivity index (χ2n) is 7.99. The van der Waals surface area contributed by atoms with Gasteiger partial charge in [-0.15, -0.1) is 0 Å². The lowest BCUT2D eigenvalue weighted by Crippen LogP contribution is -2.18. The number of rotatable bonds is 7. The van der Waals surface area contributed by atoms with E-state index >= 15 is 0 Å². The van der Waals surface area contributed by atoms with Gasteiger partial charge in [0.15, 0.2) is 29.5 Å². The standard InChI is InChI=1S/C11H14O2S.C6H12O2S.C5H10O2S/c1-10(2)14(12,13)9-8-11-6-4-3-5-7-11;1-5(2)9(7,8)6-3-4-6;1-4-8(6,7)5(2)3/h3-10H,1-2H3;5-6H,3-4H2,1-2H3;4-5H,1H2,2-3H3/b9-8+;;. The lowest BCUT2D eigenvalue weighted by atomic mass is 10.2. The highest BCUT2D eigenvalue weighted by atomic mass is 32.2. The molecule has 0 unspecified atom stereocenters. The molecule has 1 aliphatic rings. The van der Waals surface area contributed by atoms with Crippen LogP contribution in [0.3, 0.4) is 0 Å². The monoisotopic (exact) mass is 492 g/mol. The van der Waals surface area contributed by atoms with Gasteiger partial charge >= 0.3 is 0 Å². The number of sulfone groups is 3. The third-order valence-corrected chi connectivity index (χ3v) is 10.8. The summed E-state index contributed by atoms with van der Waals surface area (Å²) in [5.74, 6) is 0. The summed E-state index contributed by atoms with van der Waals surface area (Å²) in [6.07, 6.45) is 3.40. The fourth-order valence-corrected chi connectivity index (χ4v) is 4.48. The van der Waals surface area contributed by atoms with Crippen LogP contribution >= 0.6 is 0 Å². The van der Waals surface area contributed by atoms with Gasteiger partial charge in [-0.2, -0.15) is 0 Å². The van der Waals surface area contributed by atoms with Crippen LogP contribution in [0.5, 0.6) is 0 Å². The highest BCUT2D eigenvalue weighted by molar-refractivity contribution is 7.95. The van der Waals surface area contributed by atoms with Crippen molar-refractivity contribution in [1.82, 2.24) is 0 Å². The second-order valence-corrected chi connectivity index (χ2v) is 15.6. The summed E-state index contributed by atoms with van der Waals surface area (Å²) < 4.78 is 66.2. The molecule has 0 aromatic heterocycles. The summed E-state index contributed by atoms with van der Waals surface area (Å²) in [6.45, 7) is 13.2. The van der Waals surface area contributed by atoms with Gasteiger partial charge < -0.3 is 0 Å². The van der Waals surface area contributed by atoms with Gasteiger partial charge in [-0.3, -0.25) is 0 Å². The first-order valence-corrected chi connectivity index (χ1v) is 15.0. The second kappa shape index (κ2) is 12.6. The summed E-state index contributed by atoms with van der Waals surface area (Å²) in [6, 6.07) is 9.39. The first-order chi connectivity index (χ1) is 14.1. The molecule has 1 fully saturated rings. The molecule has 0 aliphatic heterocycles. The lowest BCUT2D eigenvalue weighted by Gasteiger charge is -2.03. The van der Waals surface area contributed by atoms with Crippen LogP contribution in [-0.4, -0.2) is 46.3 Å². The van der Waals surface area contributed by atoms with Crippen LogP contribution in [0.2, 0.25) is 0 Å². The molecule has 1 aromatic carbocycles. The maximum atomic E-state index is 11.4. The first-order valence-electron chi connectivity index (χ1n) is 10.1. The van der Waals surface area contributed by atoms with Crippen LogP contribution in [0.4, 0.5) is 0 Å². The molecule has 0 heterocycles. The van der Waals surface area contributed by atoms with Gasteiger partial charge in [-0.1, -0.05) is 36.9 Å². The molecule has 31 heavy (non-hydrogen) atoms. The summed E-state index contributed by atoms with van der Waals surface area (Å²) in [4.78, 5) is 0. The molecule has 1 saturated carbocycles. The number of hydrogen-bond acceptors (Lipinski definition) is 6. The van der Waals surface area contributed by atoms with E-state index in [4.69, 9.17) is 0 Å². The van der Waals surface area contributed by atoms with E-state index in [9.17, 15) is 25.3 Å². The summed E-state index contributed by atoms with van der Waals surface area (Å²) in [5.41, 5.74) is 0.900. The Hall–Kier alpha value is -1.45. The molecule has 0 amide bonds. The molecule has 0 N–H and O–H groups in total. The van der Waals surface area contributed by atoms with Crippen molar-refractivity contribution in [2.75, 3.05) is 0 Å². The zero-order valence-electron chi connectivity index (χ0n) is 19.2. The van der Waals surface area contributed by atoms with Crippen molar-refractivity contribution < 1.29 is 25.3 Å². The lowest BCUT2D eigenvalue weighted by molar-refractivity contribution is 0.585. The molecule has 0 saturated heterocycles. The first kappa shape index (κ1) is 29.5. The topological polar surface area (TPSA) is 102 Å². The fraction of sp³-hybridized carbons (Fsp3) is 0.545. The molecule has 1 aliphatic carbocycles. The van der Waals surface area contributed by atoms with Crippen LogP contribution in [0.25, 0.3) is 6.08 Å². The van der Waals surface area contributed by atoms with Crippen LogP contribution in [0, 0.1) is 0 Å². The van der Waals surface area contributed by atoms with E-state index in [0.29, 0.717) is 0 Å². The van der Waals surface area contributed by atoms with Crippen LogP contribution in [-0.2, 0) is 29.5 Å². The Morgan fingerprint density at radius 3 is 1.48 bits per heavy atom. The van der Waals surface area contributed by atoms with E-state index in [0.717, 1.165) is 23.8 Å². The molecular weight excluding hydrogens is 456 g/mol. The zero-order chi connectivity index (χ0) is 24.5. The molecule has 1 aromatic rings. The van der Waals surface area contributed by atoms with Gasteiger partial charge in [0.05, 0.1) is 21.0 Å². The van der Waals surface area contributed by atoms with E-state index in [1.165, 1.54) is 5.41 Å². The predicted octanol–water partition coefficient (Wildman–Crippen LogP) is 4.41. The summed E-state index contributed by atoms with van der Waals surface area (Å²) >= 11 is 0. The van der Waals surface area contributed by atoms with Crippen molar-refractivity contribution in [3.05, 3.63) is 53.3 Å². The van der Waals surface area contributed by atoms with Gasteiger partial charge in [0.2, 0.25) is 0 Å². The molecule has 6 nitrogen and oxygen atoms in total. The molecule has 2 rings (SSSR count). The minimum Gasteiger partial charge on any atom is -0.228 e. The normalized spacial score (nSPS) is 14.7. The zero-order valence-corrected chi connectivity index (χ0v) is 21.7. The van der Waals surface area contributed by atoms with Crippen molar-refractivity contribution in [3.8, 4) is 0 Å². The molecule has 0 radical (unpaired) electrons. The summed E-state index contributed by atoms with van der Waals surface area (Å²) in [7, 11) is -8.75. The Kier molecular flexibility index (Phi) is 12.0. The van der Waals surface area contributed by atoms with E-state index in [1.54, 1.807) is 47.6 Å². The maximum Gasteiger partial charge on any atom is 0.173 e. The van der Waals surface area contributed by atoms with Crippen molar-refractivity contribution in [1.29, 1.82) is 0 Å². The SMILES string of the molecule is C=CS(=O)(=O)C(C)C.CC(C)S(=O)(=O)/C=C/c1ccccc1.CC(C)S(=O)(=O)C1CC1. The quantitative estimate of drug-likeness (QED) is 0.559. The third-order valence-electron chi connectivity index (χ3n) is 4.44. The van der Waals surface area contributed by atoms with Crippen LogP contribution < -0.4 is 0 Å². The average Bonchev–Trinajstić information content (AvgIpc) is 3.54. The smallest absolute Gasteiger partial charge is 0.173 e. The van der Waals surface area contributed by atoms with E-state index in [-0.39, 0.29) is 21.0 Å². The Bertz CT molecular complexity index is 1010. The van der Waals surface area contributed by atoms with E-state index < -0.39 is 29.5 Å². The molecule has 178 valence electrons. The van der Waals surface area contributed by atoms with E-state index in [2.05, 4.69) is 6.58 Å². The Labute approximate surface area is 189 Å². The highest BCUT2D eigenvalue weighted by Crippen LogP contribution is 2.30. The Balaban J connectivity index is 0.000000461. The summed E-state index contributed by atoms with van der Waals surface area (Å²) in [5, 5.41) is 1.40. The van der Waals surface area contributed by atoms with Crippen molar-refractivity contribution in [2.24, 2.45) is 0 Å². The Morgan fingerprint density at radius 1 is 0.774 bits per heavy atom. The largest absolute Gasteiger partial charge is 0.228 e. The minimum atomic E-state index is -3.08. The highest BCUT2D eigenvalue weighted by Gasteiger charge is 2.37. The van der Waals surface area contributed by atoms with Crippen molar-refractivity contribution in [2.45, 2.75) is 75.4 Å². The van der Waals surface area contributed by atoms with Crippen molar-refractivity contribution in [3.63, 3.8) is 0 Å². The van der Waals surface area contributed by atoms with Gasteiger partial charge in [0.1, 0.15) is 0 Å². The third kappa shape index (κ3) is 11.1. The minimum absolute atomic E-state index is 0.0116. The van der Waals surface area contributed by atoms with Gasteiger partial charge in [0, 0.05) is 10.8 Å². The van der Waals surface area contributed by atoms with Gasteiger partial charge in [-0.25, -0.2) is 25.3 Å². The predicted molar refractivity (Wildman–Crippen MR) is 131 cm³/mol. The molecule has 0 bridgehead atoms. The van der Waals surface area contributed by atoms with Crippen LogP contribution in [0.1, 0.15) is 59.9 Å². The molecule has 0 atom stereocenters. The molecule has 0 spiro atoms. The van der Waals surface area contributed by atoms with Gasteiger partial charge in [0.25, 0.3) is 0 Å². The fourth-order valence-electron chi connectivity index (χ4n) is 1.87. The number of benzene rings is 1. The Morgan fingerprint density at radius 2 is 1.23 bits per heavy atom. The number of hydrogen-bond donors (Lipinski definition) is 0. The van der Waals surface area contributed by atoms with E-state index in [1.807, 2.05) is 30.3 Å². The van der Waals surface area contributed by atoms with Crippen molar-refractivity contribution >= 4 is 35.6 Å².